The molecule has 1 aliphatic rings. The van der Waals surface area contributed by atoms with Crippen LogP contribution >= 0.6 is 0 Å². The third kappa shape index (κ3) is 5.21. The fourth-order valence-electron chi connectivity index (χ4n) is 3.22. The lowest BCUT2D eigenvalue weighted by Crippen LogP contribution is -2.47. The number of likely N-dealkylation sites (tertiary alicyclic amines) is 1. The molecule has 0 spiro atoms. The summed E-state index contributed by atoms with van der Waals surface area (Å²) in [6, 6.07) is 7.27. The van der Waals surface area contributed by atoms with Crippen molar-refractivity contribution in [1.29, 1.82) is 0 Å². The first-order valence-corrected chi connectivity index (χ1v) is 9.56. The molecule has 0 saturated carbocycles. The number of piperidine rings is 1. The molecular weight excluding hydrogens is 344 g/mol. The topological polar surface area (TPSA) is 73.0 Å². The Hall–Kier alpha value is -2.57. The zero-order chi connectivity index (χ0) is 20.0. The molecule has 0 radical (unpaired) electrons. The van der Waals surface area contributed by atoms with E-state index in [9.17, 15) is 14.4 Å². The summed E-state index contributed by atoms with van der Waals surface area (Å²) in [5.41, 5.74) is 1.49. The van der Waals surface area contributed by atoms with E-state index in [2.05, 4.69) is 5.32 Å². The minimum absolute atomic E-state index is 0.0161. The molecule has 0 bridgehead atoms. The fraction of sp³-hybridized carbons (Fsp3) is 0.550. The monoisotopic (exact) mass is 374 g/mol. The average Bonchev–Trinajstić information content (AvgIpc) is 2.68. The van der Waals surface area contributed by atoms with Crippen LogP contribution in [0.1, 0.15) is 33.6 Å². The summed E-state index contributed by atoms with van der Waals surface area (Å²) in [4.78, 5) is 41.5. The van der Waals surface area contributed by atoms with E-state index in [-0.39, 0.29) is 23.8 Å². The van der Waals surface area contributed by atoms with Crippen LogP contribution in [0.15, 0.2) is 24.3 Å². The summed E-state index contributed by atoms with van der Waals surface area (Å²) < 4.78 is 0. The summed E-state index contributed by atoms with van der Waals surface area (Å²) in [6.45, 7) is 8.07. The van der Waals surface area contributed by atoms with E-state index < -0.39 is 0 Å². The van der Waals surface area contributed by atoms with Gasteiger partial charge in [-0.15, -0.1) is 0 Å². The van der Waals surface area contributed by atoms with E-state index in [1.165, 1.54) is 6.92 Å². The van der Waals surface area contributed by atoms with Gasteiger partial charge in [0.15, 0.2) is 0 Å². The summed E-state index contributed by atoms with van der Waals surface area (Å²) in [5, 5.41) is 2.94. The first-order chi connectivity index (χ1) is 12.9. The Morgan fingerprint density at radius 3 is 2.11 bits per heavy atom. The van der Waals surface area contributed by atoms with Crippen molar-refractivity contribution in [3.8, 4) is 0 Å². The highest BCUT2D eigenvalue weighted by molar-refractivity contribution is 5.94. The molecule has 1 N–H and O–H groups in total. The van der Waals surface area contributed by atoms with Gasteiger partial charge >= 0.3 is 6.03 Å². The minimum Gasteiger partial charge on any atom is -0.326 e. The van der Waals surface area contributed by atoms with Gasteiger partial charge in [-0.25, -0.2) is 4.79 Å². The number of urea groups is 1. The zero-order valence-electron chi connectivity index (χ0n) is 16.7. The van der Waals surface area contributed by atoms with E-state index in [1.54, 1.807) is 29.0 Å². The summed E-state index contributed by atoms with van der Waals surface area (Å²) in [7, 11) is 1.71. The van der Waals surface area contributed by atoms with Gasteiger partial charge < -0.3 is 20.0 Å². The molecule has 0 aromatic heterocycles. The second kappa shape index (κ2) is 9.39. The van der Waals surface area contributed by atoms with Crippen LogP contribution in [0.2, 0.25) is 0 Å². The smallest absolute Gasteiger partial charge is 0.319 e. The van der Waals surface area contributed by atoms with Crippen molar-refractivity contribution in [2.75, 3.05) is 43.4 Å². The summed E-state index contributed by atoms with van der Waals surface area (Å²) in [5.74, 6) is -0.152. The van der Waals surface area contributed by atoms with Crippen molar-refractivity contribution in [2.24, 2.45) is 5.92 Å². The number of amides is 4. The molecule has 7 nitrogen and oxygen atoms in total. The van der Waals surface area contributed by atoms with Gasteiger partial charge in [0.2, 0.25) is 11.8 Å². The Balaban J connectivity index is 1.87. The van der Waals surface area contributed by atoms with Gasteiger partial charge in [-0.05, 0) is 51.0 Å². The SMILES string of the molecule is CCN(CC)C(=O)N1CCC(C(=O)Nc2ccc(N(C)C(C)=O)cc2)CC1. The van der Waals surface area contributed by atoms with Gasteiger partial charge in [-0.2, -0.15) is 0 Å². The quantitative estimate of drug-likeness (QED) is 0.861. The van der Waals surface area contributed by atoms with E-state index in [1.807, 2.05) is 30.9 Å². The molecule has 0 unspecified atom stereocenters. The van der Waals surface area contributed by atoms with Crippen LogP contribution in [0.3, 0.4) is 0 Å². The van der Waals surface area contributed by atoms with Crippen LogP contribution in [0.4, 0.5) is 16.2 Å². The summed E-state index contributed by atoms with van der Waals surface area (Å²) >= 11 is 0. The lowest BCUT2D eigenvalue weighted by molar-refractivity contribution is -0.121. The minimum atomic E-state index is -0.0923. The second-order valence-electron chi connectivity index (χ2n) is 6.83. The molecule has 7 heteroatoms. The lowest BCUT2D eigenvalue weighted by Gasteiger charge is -2.34. The van der Waals surface area contributed by atoms with Crippen LogP contribution in [0, 0.1) is 5.92 Å². The number of nitrogens with one attached hydrogen (secondary N) is 1. The molecule has 1 heterocycles. The molecule has 27 heavy (non-hydrogen) atoms. The van der Waals surface area contributed by atoms with Crippen LogP contribution in [-0.2, 0) is 9.59 Å². The third-order valence-corrected chi connectivity index (χ3v) is 5.16. The van der Waals surface area contributed by atoms with E-state index in [0.717, 1.165) is 5.69 Å². The molecule has 4 amide bonds. The van der Waals surface area contributed by atoms with Gasteiger partial charge in [-0.3, -0.25) is 9.59 Å². The maximum Gasteiger partial charge on any atom is 0.319 e. The lowest BCUT2D eigenvalue weighted by atomic mass is 9.96. The van der Waals surface area contributed by atoms with Gasteiger partial charge in [0.25, 0.3) is 0 Å². The average molecular weight is 374 g/mol. The highest BCUT2D eigenvalue weighted by atomic mass is 16.2. The van der Waals surface area contributed by atoms with E-state index in [0.29, 0.717) is 44.7 Å². The van der Waals surface area contributed by atoms with Crippen molar-refractivity contribution in [3.63, 3.8) is 0 Å². The molecule has 0 aliphatic carbocycles. The molecule has 1 aromatic carbocycles. The van der Waals surface area contributed by atoms with E-state index in [4.69, 9.17) is 0 Å². The molecule has 148 valence electrons. The van der Waals surface area contributed by atoms with Crippen LogP contribution < -0.4 is 10.2 Å². The molecule has 1 aliphatic heterocycles. The Kier molecular flexibility index (Phi) is 7.21. The number of carbonyl (C=O) groups is 3. The molecule has 1 saturated heterocycles. The predicted molar refractivity (Wildman–Crippen MR) is 107 cm³/mol. The predicted octanol–water partition coefficient (Wildman–Crippen LogP) is 2.78. The number of carbonyl (C=O) groups excluding carboxylic acids is 3. The van der Waals surface area contributed by atoms with Crippen molar-refractivity contribution in [3.05, 3.63) is 24.3 Å². The maximum atomic E-state index is 12.5. The molecule has 2 rings (SSSR count). The normalized spacial score (nSPS) is 14.6. The Labute approximate surface area is 161 Å². The van der Waals surface area contributed by atoms with Crippen molar-refractivity contribution in [1.82, 2.24) is 9.80 Å². The highest BCUT2D eigenvalue weighted by Gasteiger charge is 2.28. The molecule has 1 aromatic rings. The fourth-order valence-corrected chi connectivity index (χ4v) is 3.22. The number of hydrogen-bond donors (Lipinski definition) is 1. The van der Waals surface area contributed by atoms with Gasteiger partial charge in [0.1, 0.15) is 0 Å². The largest absolute Gasteiger partial charge is 0.326 e. The first-order valence-electron chi connectivity index (χ1n) is 9.56. The third-order valence-electron chi connectivity index (χ3n) is 5.16. The van der Waals surface area contributed by atoms with Crippen molar-refractivity contribution < 1.29 is 14.4 Å². The van der Waals surface area contributed by atoms with Crippen LogP contribution in [0.25, 0.3) is 0 Å². The maximum absolute atomic E-state index is 12.5. The Morgan fingerprint density at radius 1 is 1.07 bits per heavy atom. The zero-order valence-corrected chi connectivity index (χ0v) is 16.7. The molecule has 0 atom stereocenters. The van der Waals surface area contributed by atoms with Gasteiger partial charge in [0.05, 0.1) is 0 Å². The second-order valence-corrected chi connectivity index (χ2v) is 6.83. The Bertz CT molecular complexity index is 662. The number of hydrogen-bond acceptors (Lipinski definition) is 3. The summed E-state index contributed by atoms with van der Waals surface area (Å²) in [6.07, 6.45) is 1.34. The molecular formula is C20H30N4O3. The number of benzene rings is 1. The highest BCUT2D eigenvalue weighted by Crippen LogP contribution is 2.22. The van der Waals surface area contributed by atoms with Crippen LogP contribution in [-0.4, -0.2) is 60.9 Å². The number of nitrogens with zero attached hydrogens (tertiary/aromatic N) is 3. The number of anilines is 2. The first kappa shape index (κ1) is 20.7. The standard InChI is InChI=1S/C20H30N4O3/c1-5-23(6-2)20(27)24-13-11-16(12-14-24)19(26)21-17-7-9-18(10-8-17)22(4)15(3)25/h7-10,16H,5-6,11-14H2,1-4H3,(H,21,26). The molecule has 1 fully saturated rings. The van der Waals surface area contributed by atoms with Crippen molar-refractivity contribution >= 4 is 29.2 Å². The Morgan fingerprint density at radius 2 is 1.63 bits per heavy atom. The number of rotatable bonds is 5. The van der Waals surface area contributed by atoms with Crippen LogP contribution in [0.5, 0.6) is 0 Å². The van der Waals surface area contributed by atoms with Crippen molar-refractivity contribution in [2.45, 2.75) is 33.6 Å². The van der Waals surface area contributed by atoms with Gasteiger partial charge in [0, 0.05) is 57.4 Å². The van der Waals surface area contributed by atoms with E-state index >= 15 is 0 Å². The van der Waals surface area contributed by atoms with Gasteiger partial charge in [-0.1, -0.05) is 0 Å².